The summed E-state index contributed by atoms with van der Waals surface area (Å²) in [4.78, 5) is 0. The summed E-state index contributed by atoms with van der Waals surface area (Å²) in [6, 6.07) is 9.81. The number of nitrogens with zero attached hydrogens (tertiary/aromatic N) is 2. The molecule has 0 bridgehead atoms. The van der Waals surface area contributed by atoms with Crippen LogP contribution in [0.25, 0.3) is 0 Å². The highest BCUT2D eigenvalue weighted by atomic mass is 16.5. The number of hydrogen-bond donors (Lipinski definition) is 1. The van der Waals surface area contributed by atoms with Crippen molar-refractivity contribution in [2.24, 2.45) is 0 Å². The van der Waals surface area contributed by atoms with Crippen LogP contribution >= 0.6 is 0 Å². The number of aromatic nitrogens is 2. The highest BCUT2D eigenvalue weighted by Gasteiger charge is 2.24. The molecule has 2 atom stereocenters. The molecule has 0 saturated carbocycles. The van der Waals surface area contributed by atoms with Crippen LogP contribution in [0.15, 0.2) is 42.7 Å². The molecule has 2 rings (SSSR count). The predicted molar refractivity (Wildman–Crippen MR) is 78.3 cm³/mol. The van der Waals surface area contributed by atoms with E-state index in [2.05, 4.69) is 12.0 Å². The van der Waals surface area contributed by atoms with Gasteiger partial charge in [-0.2, -0.15) is 5.10 Å². The summed E-state index contributed by atoms with van der Waals surface area (Å²) in [7, 11) is 0. The topological polar surface area (TPSA) is 47.3 Å². The molecule has 2 unspecified atom stereocenters. The van der Waals surface area contributed by atoms with E-state index >= 15 is 0 Å². The highest BCUT2D eigenvalue weighted by molar-refractivity contribution is 5.22. The van der Waals surface area contributed by atoms with Crippen LogP contribution in [0.2, 0.25) is 0 Å². The average molecular weight is 274 g/mol. The summed E-state index contributed by atoms with van der Waals surface area (Å²) in [6.45, 7) is 5.45. The Morgan fingerprint density at radius 1 is 1.20 bits per heavy atom. The van der Waals surface area contributed by atoms with Gasteiger partial charge in [-0.15, -0.1) is 0 Å². The van der Waals surface area contributed by atoms with Gasteiger partial charge in [-0.3, -0.25) is 4.68 Å². The van der Waals surface area contributed by atoms with Gasteiger partial charge in [0.05, 0.1) is 6.20 Å². The molecular formula is C16H22N2O2. The largest absolute Gasteiger partial charge is 0.385 e. The van der Waals surface area contributed by atoms with Gasteiger partial charge in [-0.25, -0.2) is 0 Å². The molecule has 4 heteroatoms. The molecule has 1 N–H and O–H groups in total. The number of benzene rings is 1. The lowest BCUT2D eigenvalue weighted by atomic mass is 10.0. The zero-order chi connectivity index (χ0) is 14.4. The molecule has 1 aromatic heterocycles. The SMILES string of the molecule is CCCn1cc(C(O)C(OCC)c2ccccc2)cn1. The first kappa shape index (κ1) is 14.8. The van der Waals surface area contributed by atoms with E-state index in [1.165, 1.54) is 0 Å². The molecule has 0 saturated heterocycles. The molecular weight excluding hydrogens is 252 g/mol. The van der Waals surface area contributed by atoms with Crippen molar-refractivity contribution in [3.63, 3.8) is 0 Å². The minimum absolute atomic E-state index is 0.361. The van der Waals surface area contributed by atoms with Crippen molar-refractivity contribution in [2.75, 3.05) is 6.61 Å². The molecule has 0 amide bonds. The predicted octanol–water partition coefficient (Wildman–Crippen LogP) is 3.10. The fourth-order valence-electron chi connectivity index (χ4n) is 2.25. The second kappa shape index (κ2) is 7.22. The lowest BCUT2D eigenvalue weighted by molar-refractivity contribution is -0.0362. The number of aliphatic hydroxyl groups excluding tert-OH is 1. The normalized spacial score (nSPS) is 14.2. The molecule has 0 aliphatic heterocycles. The van der Waals surface area contributed by atoms with Gasteiger partial charge >= 0.3 is 0 Å². The van der Waals surface area contributed by atoms with Crippen LogP contribution in [0.4, 0.5) is 0 Å². The summed E-state index contributed by atoms with van der Waals surface area (Å²) < 4.78 is 7.58. The van der Waals surface area contributed by atoms with E-state index in [9.17, 15) is 5.11 Å². The summed E-state index contributed by atoms with van der Waals surface area (Å²) in [5.41, 5.74) is 1.77. The maximum Gasteiger partial charge on any atom is 0.113 e. The lowest BCUT2D eigenvalue weighted by Crippen LogP contribution is -2.14. The molecule has 1 aromatic carbocycles. The second-order valence-corrected chi connectivity index (χ2v) is 4.77. The van der Waals surface area contributed by atoms with Gasteiger partial charge in [0.25, 0.3) is 0 Å². The van der Waals surface area contributed by atoms with Crippen molar-refractivity contribution >= 4 is 0 Å². The summed E-state index contributed by atoms with van der Waals surface area (Å²) in [5, 5.41) is 14.8. The second-order valence-electron chi connectivity index (χ2n) is 4.77. The first-order chi connectivity index (χ1) is 9.76. The van der Waals surface area contributed by atoms with E-state index in [-0.39, 0.29) is 6.10 Å². The maximum atomic E-state index is 10.6. The molecule has 0 aliphatic carbocycles. The van der Waals surface area contributed by atoms with Gasteiger partial charge in [0, 0.05) is 24.9 Å². The van der Waals surface area contributed by atoms with Crippen molar-refractivity contribution in [2.45, 2.75) is 39.0 Å². The molecule has 0 fully saturated rings. The van der Waals surface area contributed by atoms with E-state index < -0.39 is 6.10 Å². The third kappa shape index (κ3) is 3.46. The Labute approximate surface area is 120 Å². The van der Waals surface area contributed by atoms with Crippen molar-refractivity contribution < 1.29 is 9.84 Å². The maximum absolute atomic E-state index is 10.6. The molecule has 0 spiro atoms. The third-order valence-corrected chi connectivity index (χ3v) is 3.21. The monoisotopic (exact) mass is 274 g/mol. The lowest BCUT2D eigenvalue weighted by Gasteiger charge is -2.22. The van der Waals surface area contributed by atoms with Crippen molar-refractivity contribution in [1.82, 2.24) is 9.78 Å². The van der Waals surface area contributed by atoms with Gasteiger partial charge in [0.2, 0.25) is 0 Å². The molecule has 0 aliphatic rings. The van der Waals surface area contributed by atoms with Crippen LogP contribution in [0.3, 0.4) is 0 Å². The number of aryl methyl sites for hydroxylation is 1. The van der Waals surface area contributed by atoms with E-state index in [4.69, 9.17) is 4.74 Å². The standard InChI is InChI=1S/C16H22N2O2/c1-3-10-18-12-14(11-17-18)15(19)16(20-4-2)13-8-6-5-7-9-13/h5-9,11-12,15-16,19H,3-4,10H2,1-2H3. The van der Waals surface area contributed by atoms with Crippen molar-refractivity contribution in [3.8, 4) is 0 Å². The minimum atomic E-state index is -0.706. The van der Waals surface area contributed by atoms with E-state index in [1.807, 2.05) is 48.1 Å². The summed E-state index contributed by atoms with van der Waals surface area (Å²) >= 11 is 0. The molecule has 2 aromatic rings. The Morgan fingerprint density at radius 3 is 2.60 bits per heavy atom. The van der Waals surface area contributed by atoms with Gasteiger partial charge < -0.3 is 9.84 Å². The van der Waals surface area contributed by atoms with Gasteiger partial charge in [0.1, 0.15) is 12.2 Å². The molecule has 4 nitrogen and oxygen atoms in total. The minimum Gasteiger partial charge on any atom is -0.385 e. The number of hydrogen-bond acceptors (Lipinski definition) is 3. The average Bonchev–Trinajstić information content (AvgIpc) is 2.94. The summed E-state index contributed by atoms with van der Waals surface area (Å²) in [5.74, 6) is 0. The number of rotatable bonds is 7. The summed E-state index contributed by atoms with van der Waals surface area (Å²) in [6.07, 6.45) is 3.56. The van der Waals surface area contributed by atoms with Crippen LogP contribution in [0.1, 0.15) is 43.6 Å². The molecule has 108 valence electrons. The number of ether oxygens (including phenoxy) is 1. The number of aliphatic hydroxyl groups is 1. The molecule has 20 heavy (non-hydrogen) atoms. The van der Waals surface area contributed by atoms with E-state index in [0.717, 1.165) is 24.1 Å². The van der Waals surface area contributed by atoms with Crippen LogP contribution in [-0.2, 0) is 11.3 Å². The first-order valence-corrected chi connectivity index (χ1v) is 7.13. The van der Waals surface area contributed by atoms with Crippen LogP contribution < -0.4 is 0 Å². The van der Waals surface area contributed by atoms with Gasteiger partial charge in [-0.1, -0.05) is 37.3 Å². The quantitative estimate of drug-likeness (QED) is 0.844. The first-order valence-electron chi connectivity index (χ1n) is 7.13. The fraction of sp³-hybridized carbons (Fsp3) is 0.438. The van der Waals surface area contributed by atoms with Gasteiger partial charge in [-0.05, 0) is 18.9 Å². The Morgan fingerprint density at radius 2 is 1.95 bits per heavy atom. The van der Waals surface area contributed by atoms with Crippen molar-refractivity contribution in [1.29, 1.82) is 0 Å². The van der Waals surface area contributed by atoms with Crippen molar-refractivity contribution in [3.05, 3.63) is 53.9 Å². The fourth-order valence-corrected chi connectivity index (χ4v) is 2.25. The zero-order valence-corrected chi connectivity index (χ0v) is 12.1. The van der Waals surface area contributed by atoms with Gasteiger partial charge in [0.15, 0.2) is 0 Å². The molecule has 1 heterocycles. The van der Waals surface area contributed by atoms with E-state index in [0.29, 0.717) is 6.61 Å². The Balaban J connectivity index is 2.19. The van der Waals surface area contributed by atoms with E-state index in [1.54, 1.807) is 6.20 Å². The Hall–Kier alpha value is -1.65. The highest BCUT2D eigenvalue weighted by Crippen LogP contribution is 2.31. The van der Waals surface area contributed by atoms with Crippen LogP contribution in [-0.4, -0.2) is 21.5 Å². The smallest absolute Gasteiger partial charge is 0.113 e. The zero-order valence-electron chi connectivity index (χ0n) is 12.1. The molecule has 0 radical (unpaired) electrons. The van der Waals surface area contributed by atoms with Crippen LogP contribution in [0, 0.1) is 0 Å². The van der Waals surface area contributed by atoms with Crippen LogP contribution in [0.5, 0.6) is 0 Å². The Bertz CT molecular complexity index is 510. The Kier molecular flexibility index (Phi) is 5.32. The third-order valence-electron chi connectivity index (χ3n) is 3.21.